The average molecular weight is 432 g/mol. The maximum Gasteiger partial charge on any atom is 0.257 e. The third kappa shape index (κ3) is 4.27. The summed E-state index contributed by atoms with van der Waals surface area (Å²) in [5, 5.41) is 8.97. The number of carbonyl (C=O) groups excluding carboxylic acids is 2. The van der Waals surface area contributed by atoms with E-state index in [2.05, 4.69) is 15.6 Å². The van der Waals surface area contributed by atoms with Crippen molar-refractivity contribution in [2.45, 2.75) is 31.7 Å². The SMILES string of the molecule is O=C(Nc1nc2c(s1)CCC[C@H]2C(=O)NCc1cccs1)c1ccc(Cl)cc1. The minimum atomic E-state index is -0.263. The average Bonchev–Trinajstić information content (AvgIpc) is 3.35. The number of hydrogen-bond acceptors (Lipinski definition) is 5. The van der Waals surface area contributed by atoms with Crippen LogP contribution in [0.4, 0.5) is 5.13 Å². The normalized spacial score (nSPS) is 15.7. The Kier molecular flexibility index (Phi) is 5.75. The van der Waals surface area contributed by atoms with Crippen LogP contribution in [0.1, 0.15) is 44.6 Å². The maximum atomic E-state index is 12.7. The van der Waals surface area contributed by atoms with E-state index in [1.807, 2.05) is 17.5 Å². The Labute approximate surface area is 175 Å². The highest BCUT2D eigenvalue weighted by Gasteiger charge is 2.30. The van der Waals surface area contributed by atoms with Gasteiger partial charge in [0.1, 0.15) is 0 Å². The Morgan fingerprint density at radius 3 is 2.79 bits per heavy atom. The van der Waals surface area contributed by atoms with Gasteiger partial charge in [-0.3, -0.25) is 14.9 Å². The molecule has 2 aromatic heterocycles. The van der Waals surface area contributed by atoms with E-state index in [9.17, 15) is 9.59 Å². The molecule has 0 fully saturated rings. The number of anilines is 1. The summed E-state index contributed by atoms with van der Waals surface area (Å²) in [6.07, 6.45) is 2.60. The zero-order valence-corrected chi connectivity index (χ0v) is 17.3. The molecule has 0 unspecified atom stereocenters. The molecule has 8 heteroatoms. The molecule has 5 nitrogen and oxygen atoms in total. The van der Waals surface area contributed by atoms with Crippen molar-refractivity contribution in [2.24, 2.45) is 0 Å². The van der Waals surface area contributed by atoms with Crippen LogP contribution in [0, 0.1) is 0 Å². The van der Waals surface area contributed by atoms with Gasteiger partial charge in [-0.25, -0.2) is 4.98 Å². The number of aryl methyl sites for hydroxylation is 1. The summed E-state index contributed by atoms with van der Waals surface area (Å²) < 4.78 is 0. The lowest BCUT2D eigenvalue weighted by Crippen LogP contribution is -2.30. The number of fused-ring (bicyclic) bond motifs is 1. The van der Waals surface area contributed by atoms with Gasteiger partial charge in [0.2, 0.25) is 5.91 Å². The molecule has 1 atom stereocenters. The van der Waals surface area contributed by atoms with Gasteiger partial charge in [0.05, 0.1) is 18.2 Å². The molecule has 144 valence electrons. The predicted molar refractivity (Wildman–Crippen MR) is 113 cm³/mol. The third-order valence-electron chi connectivity index (χ3n) is 4.61. The van der Waals surface area contributed by atoms with Gasteiger partial charge in [-0.1, -0.05) is 17.7 Å². The van der Waals surface area contributed by atoms with Crippen LogP contribution in [-0.2, 0) is 17.8 Å². The standard InChI is InChI=1S/C20H18ClN3O2S2/c21-13-8-6-12(7-9-13)18(25)24-20-23-17-15(4-1-5-16(17)28-20)19(26)22-11-14-3-2-10-27-14/h2-3,6-10,15H,1,4-5,11H2,(H,22,26)(H,23,24,25)/t15-/m1/s1. The fourth-order valence-electron chi connectivity index (χ4n) is 3.21. The lowest BCUT2D eigenvalue weighted by molar-refractivity contribution is -0.123. The molecule has 1 aliphatic rings. The summed E-state index contributed by atoms with van der Waals surface area (Å²) in [5.74, 6) is -0.502. The van der Waals surface area contributed by atoms with Crippen LogP contribution < -0.4 is 10.6 Å². The number of nitrogens with one attached hydrogen (secondary N) is 2. The zero-order valence-electron chi connectivity index (χ0n) is 14.9. The highest BCUT2D eigenvalue weighted by molar-refractivity contribution is 7.16. The molecule has 1 aliphatic carbocycles. The number of thiophene rings is 1. The van der Waals surface area contributed by atoms with Gasteiger partial charge in [-0.05, 0) is 55.0 Å². The van der Waals surface area contributed by atoms with Gasteiger partial charge in [0.15, 0.2) is 5.13 Å². The Balaban J connectivity index is 1.46. The van der Waals surface area contributed by atoms with Crippen molar-refractivity contribution in [3.63, 3.8) is 0 Å². The quantitative estimate of drug-likeness (QED) is 0.606. The fourth-order valence-corrected chi connectivity index (χ4v) is 5.04. The van der Waals surface area contributed by atoms with Crippen molar-refractivity contribution in [3.05, 3.63) is 67.8 Å². The van der Waals surface area contributed by atoms with Crippen LogP contribution in [0.5, 0.6) is 0 Å². The Hall–Kier alpha value is -2.22. The molecule has 4 rings (SSSR count). The van der Waals surface area contributed by atoms with Crippen molar-refractivity contribution in [2.75, 3.05) is 5.32 Å². The molecule has 2 N–H and O–H groups in total. The molecule has 1 aromatic carbocycles. The zero-order chi connectivity index (χ0) is 19.5. The lowest BCUT2D eigenvalue weighted by Gasteiger charge is -2.20. The van der Waals surface area contributed by atoms with E-state index in [0.717, 1.165) is 34.7 Å². The first kappa shape index (κ1) is 19.1. The van der Waals surface area contributed by atoms with Crippen molar-refractivity contribution < 1.29 is 9.59 Å². The second-order valence-electron chi connectivity index (χ2n) is 6.53. The number of hydrogen-bond donors (Lipinski definition) is 2. The summed E-state index contributed by atoms with van der Waals surface area (Å²) in [6, 6.07) is 10.7. The van der Waals surface area contributed by atoms with Crippen LogP contribution in [0.3, 0.4) is 0 Å². The molecule has 2 amide bonds. The molecule has 0 radical (unpaired) electrons. The number of benzene rings is 1. The van der Waals surface area contributed by atoms with Crippen LogP contribution in [-0.4, -0.2) is 16.8 Å². The fraction of sp³-hybridized carbons (Fsp3) is 0.250. The monoisotopic (exact) mass is 431 g/mol. The van der Waals surface area contributed by atoms with E-state index in [1.54, 1.807) is 35.6 Å². The topological polar surface area (TPSA) is 71.1 Å². The first-order valence-electron chi connectivity index (χ1n) is 8.97. The van der Waals surface area contributed by atoms with Crippen LogP contribution in [0.15, 0.2) is 41.8 Å². The number of halogens is 1. The molecule has 0 bridgehead atoms. The van der Waals surface area contributed by atoms with E-state index in [0.29, 0.717) is 22.3 Å². The Bertz CT molecular complexity index is 984. The van der Waals surface area contributed by atoms with E-state index >= 15 is 0 Å². The summed E-state index contributed by atoms with van der Waals surface area (Å²) in [6.45, 7) is 0.534. The van der Waals surface area contributed by atoms with Gasteiger partial charge in [-0.2, -0.15) is 0 Å². The number of amides is 2. The van der Waals surface area contributed by atoms with Crippen molar-refractivity contribution in [3.8, 4) is 0 Å². The molecular weight excluding hydrogens is 414 g/mol. The maximum absolute atomic E-state index is 12.7. The van der Waals surface area contributed by atoms with E-state index < -0.39 is 0 Å². The summed E-state index contributed by atoms with van der Waals surface area (Å²) in [5.41, 5.74) is 1.31. The lowest BCUT2D eigenvalue weighted by atomic mass is 9.90. The predicted octanol–water partition coefficient (Wildman–Crippen LogP) is 4.85. The largest absolute Gasteiger partial charge is 0.351 e. The first-order valence-corrected chi connectivity index (χ1v) is 11.0. The van der Waals surface area contributed by atoms with Gasteiger partial charge in [0.25, 0.3) is 5.91 Å². The van der Waals surface area contributed by atoms with E-state index in [-0.39, 0.29) is 17.7 Å². The van der Waals surface area contributed by atoms with Crippen LogP contribution >= 0.6 is 34.3 Å². The molecule has 2 heterocycles. The Morgan fingerprint density at radius 1 is 1.21 bits per heavy atom. The number of rotatable bonds is 5. The second-order valence-corrected chi connectivity index (χ2v) is 9.08. The van der Waals surface area contributed by atoms with Gasteiger partial charge < -0.3 is 5.32 Å². The molecule has 0 spiro atoms. The molecule has 3 aromatic rings. The molecule has 0 saturated heterocycles. The van der Waals surface area contributed by atoms with Crippen LogP contribution in [0.25, 0.3) is 0 Å². The van der Waals surface area contributed by atoms with Crippen molar-refractivity contribution >= 4 is 51.2 Å². The van der Waals surface area contributed by atoms with Gasteiger partial charge in [-0.15, -0.1) is 22.7 Å². The number of thiazole rings is 1. The van der Waals surface area contributed by atoms with Crippen molar-refractivity contribution in [1.29, 1.82) is 0 Å². The van der Waals surface area contributed by atoms with E-state index in [4.69, 9.17) is 11.6 Å². The molecular formula is C20H18ClN3O2S2. The van der Waals surface area contributed by atoms with Crippen LogP contribution in [0.2, 0.25) is 5.02 Å². The molecule has 0 saturated carbocycles. The van der Waals surface area contributed by atoms with Gasteiger partial charge in [0, 0.05) is 20.3 Å². The highest BCUT2D eigenvalue weighted by Crippen LogP contribution is 2.37. The number of aromatic nitrogens is 1. The molecule has 28 heavy (non-hydrogen) atoms. The smallest absolute Gasteiger partial charge is 0.257 e. The Morgan fingerprint density at radius 2 is 2.04 bits per heavy atom. The summed E-state index contributed by atoms with van der Waals surface area (Å²) in [7, 11) is 0. The molecule has 0 aliphatic heterocycles. The minimum Gasteiger partial charge on any atom is -0.351 e. The number of carbonyl (C=O) groups is 2. The van der Waals surface area contributed by atoms with Gasteiger partial charge >= 0.3 is 0 Å². The number of nitrogens with zero attached hydrogens (tertiary/aromatic N) is 1. The van der Waals surface area contributed by atoms with Crippen molar-refractivity contribution in [1.82, 2.24) is 10.3 Å². The first-order chi connectivity index (χ1) is 13.6. The summed E-state index contributed by atoms with van der Waals surface area (Å²) >= 11 is 8.94. The van der Waals surface area contributed by atoms with E-state index in [1.165, 1.54) is 11.3 Å². The minimum absolute atomic E-state index is 0.00442. The highest BCUT2D eigenvalue weighted by atomic mass is 35.5. The third-order valence-corrected chi connectivity index (χ3v) is 6.79. The summed E-state index contributed by atoms with van der Waals surface area (Å²) in [4.78, 5) is 31.9. The second kappa shape index (κ2) is 8.43.